The van der Waals surface area contributed by atoms with E-state index >= 15 is 0 Å². The highest BCUT2D eigenvalue weighted by Gasteiger charge is 2.29. The van der Waals surface area contributed by atoms with E-state index in [1.54, 1.807) is 0 Å². The van der Waals surface area contributed by atoms with Gasteiger partial charge in [0.05, 0.1) is 6.54 Å². The van der Waals surface area contributed by atoms with Crippen LogP contribution >= 0.6 is 0 Å². The van der Waals surface area contributed by atoms with Gasteiger partial charge in [0, 0.05) is 11.6 Å². The molecular weight excluding hydrogens is 420 g/mol. The van der Waals surface area contributed by atoms with Crippen LogP contribution in [-0.4, -0.2) is 40.0 Å². The van der Waals surface area contributed by atoms with Crippen molar-refractivity contribution in [2.45, 2.75) is 32.4 Å². The highest BCUT2D eigenvalue weighted by molar-refractivity contribution is 5.77. The summed E-state index contributed by atoms with van der Waals surface area (Å²) in [7, 11) is 0. The zero-order valence-corrected chi connectivity index (χ0v) is 18.4. The molecule has 2 aliphatic heterocycles. The molecule has 8 nitrogen and oxygen atoms in total. The summed E-state index contributed by atoms with van der Waals surface area (Å²) in [5.41, 5.74) is 3.61. The molecule has 0 saturated carbocycles. The molecule has 0 spiro atoms. The second kappa shape index (κ2) is 8.37. The molecular formula is C25H24N4O4. The molecule has 0 aliphatic carbocycles. The van der Waals surface area contributed by atoms with Crippen molar-refractivity contribution in [2.24, 2.45) is 0 Å². The third-order valence-electron chi connectivity index (χ3n) is 6.24. The lowest BCUT2D eigenvalue weighted by atomic mass is 10.0. The summed E-state index contributed by atoms with van der Waals surface area (Å²) in [5.74, 6) is 3.29. The van der Waals surface area contributed by atoms with Crippen molar-refractivity contribution in [3.05, 3.63) is 65.7 Å². The summed E-state index contributed by atoms with van der Waals surface area (Å²) in [6, 6.07) is 16.4. The first-order valence-corrected chi connectivity index (χ1v) is 11.2. The first kappa shape index (κ1) is 20.0. The maximum absolute atomic E-state index is 6.10. The van der Waals surface area contributed by atoms with Crippen LogP contribution in [0.1, 0.15) is 36.1 Å². The quantitative estimate of drug-likeness (QED) is 0.434. The fraction of sp³-hybridized carbons (Fsp3) is 0.320. The molecule has 1 saturated heterocycles. The predicted molar refractivity (Wildman–Crippen MR) is 120 cm³/mol. The Morgan fingerprint density at radius 1 is 1.00 bits per heavy atom. The Hall–Kier alpha value is -3.65. The number of ether oxygens (including phenoxy) is 2. The molecule has 4 heterocycles. The number of aromatic nitrogens is 3. The molecule has 2 aromatic carbocycles. The third-order valence-corrected chi connectivity index (χ3v) is 6.24. The molecule has 0 N–H and O–H groups in total. The van der Waals surface area contributed by atoms with Gasteiger partial charge in [-0.05, 0) is 44.0 Å². The van der Waals surface area contributed by atoms with Crippen molar-refractivity contribution in [3.63, 3.8) is 0 Å². The molecule has 6 rings (SSSR count). The van der Waals surface area contributed by atoms with E-state index < -0.39 is 0 Å². The highest BCUT2D eigenvalue weighted by Crippen LogP contribution is 2.39. The maximum atomic E-state index is 6.10. The van der Waals surface area contributed by atoms with Gasteiger partial charge in [0.15, 0.2) is 11.5 Å². The molecule has 2 aromatic heterocycles. The van der Waals surface area contributed by atoms with Gasteiger partial charge in [-0.15, -0.1) is 10.2 Å². The molecule has 168 valence electrons. The standard InChI is InChI=1S/C25H24N4O4/c1-16-23(24(28-33-16)17-6-3-2-4-7-17)25-27-26-22(32-25)15-29-11-5-8-19(29)18-9-10-20-21(14-18)31-13-12-30-20/h2-4,6-7,9-10,14,19H,5,8,11-13,15H2,1H3. The smallest absolute Gasteiger partial charge is 0.253 e. The average Bonchev–Trinajstić information content (AvgIpc) is 3.60. The van der Waals surface area contributed by atoms with Gasteiger partial charge in [-0.25, -0.2) is 0 Å². The van der Waals surface area contributed by atoms with Crippen molar-refractivity contribution in [1.82, 2.24) is 20.3 Å². The number of fused-ring (bicyclic) bond motifs is 1. The van der Waals surface area contributed by atoms with Crippen molar-refractivity contribution < 1.29 is 18.4 Å². The van der Waals surface area contributed by atoms with Crippen LogP contribution in [-0.2, 0) is 6.54 Å². The Kier molecular flexibility index (Phi) is 5.07. The topological polar surface area (TPSA) is 86.7 Å². The average molecular weight is 444 g/mol. The van der Waals surface area contributed by atoms with E-state index in [0.717, 1.165) is 42.0 Å². The first-order chi connectivity index (χ1) is 16.3. The molecule has 33 heavy (non-hydrogen) atoms. The minimum Gasteiger partial charge on any atom is -0.486 e. The molecule has 1 unspecified atom stereocenters. The van der Waals surface area contributed by atoms with Crippen LogP contribution in [0.15, 0.2) is 57.5 Å². The van der Waals surface area contributed by atoms with Gasteiger partial charge in [-0.2, -0.15) is 0 Å². The van der Waals surface area contributed by atoms with Gasteiger partial charge in [-0.1, -0.05) is 41.6 Å². The second-order valence-electron chi connectivity index (χ2n) is 8.36. The van der Waals surface area contributed by atoms with Crippen molar-refractivity contribution in [2.75, 3.05) is 19.8 Å². The van der Waals surface area contributed by atoms with E-state index in [9.17, 15) is 0 Å². The summed E-state index contributed by atoms with van der Waals surface area (Å²) >= 11 is 0. The van der Waals surface area contributed by atoms with E-state index in [4.69, 9.17) is 18.4 Å². The summed E-state index contributed by atoms with van der Waals surface area (Å²) in [5, 5.41) is 12.9. The summed E-state index contributed by atoms with van der Waals surface area (Å²) in [6.07, 6.45) is 2.19. The Labute approximate surface area is 191 Å². The van der Waals surface area contributed by atoms with Crippen molar-refractivity contribution in [1.29, 1.82) is 0 Å². The van der Waals surface area contributed by atoms with E-state index in [0.29, 0.717) is 43.0 Å². The van der Waals surface area contributed by atoms with Gasteiger partial charge < -0.3 is 18.4 Å². The van der Waals surface area contributed by atoms with Crippen molar-refractivity contribution in [3.8, 4) is 34.2 Å². The normalized spacial score (nSPS) is 18.0. The second-order valence-corrected chi connectivity index (χ2v) is 8.36. The molecule has 4 aromatic rings. The molecule has 1 atom stereocenters. The summed E-state index contributed by atoms with van der Waals surface area (Å²) in [4.78, 5) is 2.38. The van der Waals surface area contributed by atoms with E-state index in [-0.39, 0.29) is 6.04 Å². The van der Waals surface area contributed by atoms with Gasteiger partial charge in [0.25, 0.3) is 5.89 Å². The number of benzene rings is 2. The number of aryl methyl sites for hydroxylation is 1. The van der Waals surface area contributed by atoms with E-state index in [1.807, 2.05) is 43.3 Å². The first-order valence-electron chi connectivity index (χ1n) is 11.2. The predicted octanol–water partition coefficient (Wildman–Crippen LogP) is 4.81. The Morgan fingerprint density at radius 2 is 1.85 bits per heavy atom. The molecule has 2 aliphatic rings. The monoisotopic (exact) mass is 444 g/mol. The Balaban J connectivity index is 1.24. The van der Waals surface area contributed by atoms with Crippen LogP contribution in [0.5, 0.6) is 11.5 Å². The van der Waals surface area contributed by atoms with Crippen LogP contribution < -0.4 is 9.47 Å². The Bertz CT molecular complexity index is 1270. The minimum absolute atomic E-state index is 0.272. The van der Waals surface area contributed by atoms with Crippen LogP contribution in [0.2, 0.25) is 0 Å². The number of nitrogens with zero attached hydrogens (tertiary/aromatic N) is 4. The largest absolute Gasteiger partial charge is 0.486 e. The number of hydrogen-bond donors (Lipinski definition) is 0. The Morgan fingerprint density at radius 3 is 2.73 bits per heavy atom. The zero-order valence-electron chi connectivity index (χ0n) is 18.4. The minimum atomic E-state index is 0.272. The third kappa shape index (κ3) is 3.76. The molecule has 8 heteroatoms. The van der Waals surface area contributed by atoms with E-state index in [1.165, 1.54) is 5.56 Å². The van der Waals surface area contributed by atoms with Gasteiger partial charge >= 0.3 is 0 Å². The van der Waals surface area contributed by atoms with E-state index in [2.05, 4.69) is 32.4 Å². The number of likely N-dealkylation sites (tertiary alicyclic amines) is 1. The van der Waals surface area contributed by atoms with Crippen LogP contribution in [0, 0.1) is 6.92 Å². The molecule has 0 amide bonds. The lowest BCUT2D eigenvalue weighted by molar-refractivity contribution is 0.170. The SMILES string of the molecule is Cc1onc(-c2ccccc2)c1-c1nnc(CN2CCCC2c2ccc3c(c2)OCCO3)o1. The fourth-order valence-electron chi connectivity index (χ4n) is 4.67. The van der Waals surface area contributed by atoms with Gasteiger partial charge in [-0.3, -0.25) is 4.90 Å². The molecule has 0 bridgehead atoms. The number of hydrogen-bond acceptors (Lipinski definition) is 8. The van der Waals surface area contributed by atoms with Crippen LogP contribution in [0.25, 0.3) is 22.7 Å². The fourth-order valence-corrected chi connectivity index (χ4v) is 4.67. The van der Waals surface area contributed by atoms with Crippen LogP contribution in [0.3, 0.4) is 0 Å². The zero-order chi connectivity index (χ0) is 22.2. The molecule has 1 fully saturated rings. The highest BCUT2D eigenvalue weighted by atomic mass is 16.6. The summed E-state index contributed by atoms with van der Waals surface area (Å²) in [6.45, 7) is 4.59. The lowest BCUT2D eigenvalue weighted by Gasteiger charge is -2.25. The lowest BCUT2D eigenvalue weighted by Crippen LogP contribution is -2.23. The maximum Gasteiger partial charge on any atom is 0.253 e. The molecule has 0 radical (unpaired) electrons. The number of rotatable bonds is 5. The summed E-state index contributed by atoms with van der Waals surface area (Å²) < 4.78 is 23.0. The van der Waals surface area contributed by atoms with Gasteiger partial charge in [0.1, 0.15) is 30.2 Å². The van der Waals surface area contributed by atoms with Crippen LogP contribution in [0.4, 0.5) is 0 Å². The van der Waals surface area contributed by atoms with Gasteiger partial charge in [0.2, 0.25) is 5.89 Å². The van der Waals surface area contributed by atoms with Crippen molar-refractivity contribution >= 4 is 0 Å².